The van der Waals surface area contributed by atoms with Gasteiger partial charge < -0.3 is 0 Å². The van der Waals surface area contributed by atoms with Gasteiger partial charge in [0.2, 0.25) is 0 Å². The Kier molecular flexibility index (Phi) is 4.84. The topological polar surface area (TPSA) is 51.6 Å². The van der Waals surface area contributed by atoms with Gasteiger partial charge in [-0.25, -0.2) is 19.9 Å². The summed E-state index contributed by atoms with van der Waals surface area (Å²) in [5, 5.41) is 2.00. The monoisotopic (exact) mass is 438 g/mol. The molecule has 4 nitrogen and oxygen atoms in total. The third kappa shape index (κ3) is 3.80. The summed E-state index contributed by atoms with van der Waals surface area (Å²) < 4.78 is 0. The molecule has 6 aromatic rings. The van der Waals surface area contributed by atoms with E-state index >= 15 is 0 Å². The van der Waals surface area contributed by atoms with E-state index < -0.39 is 0 Å². The second-order valence-electron chi connectivity index (χ2n) is 8.65. The lowest BCUT2D eigenvalue weighted by atomic mass is 10.1. The van der Waals surface area contributed by atoms with E-state index in [-0.39, 0.29) is 0 Å². The Hall–Kier alpha value is -4.44. The lowest BCUT2D eigenvalue weighted by Crippen LogP contribution is -1.93. The van der Waals surface area contributed by atoms with Crippen LogP contribution in [0.25, 0.3) is 55.8 Å². The van der Waals surface area contributed by atoms with E-state index in [4.69, 9.17) is 15.0 Å². The highest BCUT2D eigenvalue weighted by atomic mass is 14.9. The molecule has 0 saturated carbocycles. The maximum absolute atomic E-state index is 4.86. The zero-order valence-corrected chi connectivity index (χ0v) is 19.0. The molecule has 0 fully saturated rings. The lowest BCUT2D eigenvalue weighted by Gasteiger charge is -2.07. The molecular weight excluding hydrogens is 416 g/mol. The van der Waals surface area contributed by atoms with Gasteiger partial charge in [0, 0.05) is 33.7 Å². The quantitative estimate of drug-likeness (QED) is 0.293. The first-order valence-corrected chi connectivity index (χ1v) is 11.3. The number of aryl methyl sites for hydroxylation is 2. The molecular formula is C30H22N4. The zero-order chi connectivity index (χ0) is 23.1. The predicted octanol–water partition coefficient (Wildman–Crippen LogP) is 7.19. The Bertz CT molecular complexity index is 1690. The second kappa shape index (κ2) is 8.16. The number of pyridine rings is 4. The summed E-state index contributed by atoms with van der Waals surface area (Å²) in [5.41, 5.74) is 9.70. The predicted molar refractivity (Wildman–Crippen MR) is 138 cm³/mol. The molecule has 0 aliphatic rings. The smallest absolute Gasteiger partial charge is 0.160 e. The van der Waals surface area contributed by atoms with Gasteiger partial charge in [-0.1, -0.05) is 47.5 Å². The molecule has 2 aromatic carbocycles. The van der Waals surface area contributed by atoms with Crippen molar-refractivity contribution in [2.24, 2.45) is 0 Å². The SMILES string of the molecule is Cc1cccc(-c2ccc3cc(-c4ccc5ccc(-c6cccc(C)c6)nc5n4)cnc3n2)c1. The van der Waals surface area contributed by atoms with E-state index in [0.29, 0.717) is 0 Å². The highest BCUT2D eigenvalue weighted by molar-refractivity contribution is 5.85. The lowest BCUT2D eigenvalue weighted by molar-refractivity contribution is 1.26. The van der Waals surface area contributed by atoms with Crippen molar-refractivity contribution in [3.8, 4) is 33.8 Å². The molecule has 0 saturated heterocycles. The highest BCUT2D eigenvalue weighted by Crippen LogP contribution is 2.27. The van der Waals surface area contributed by atoms with E-state index in [1.54, 1.807) is 0 Å². The van der Waals surface area contributed by atoms with Gasteiger partial charge in [0.1, 0.15) is 0 Å². The molecule has 0 atom stereocenters. The molecule has 0 aliphatic heterocycles. The standard InChI is InChI=1S/C30H22N4/c1-19-5-3-7-22(15-19)26-14-11-24-17-25(18-31-29(24)32-26)28-13-10-21-9-12-27(33-30(21)34-28)23-8-4-6-20(2)16-23/h3-18H,1-2H3. The van der Waals surface area contributed by atoms with Crippen molar-refractivity contribution in [1.82, 2.24) is 19.9 Å². The average Bonchev–Trinajstić information content (AvgIpc) is 2.87. The van der Waals surface area contributed by atoms with Crippen LogP contribution in [-0.4, -0.2) is 19.9 Å². The van der Waals surface area contributed by atoms with Crippen LogP contribution < -0.4 is 0 Å². The number of fused-ring (bicyclic) bond motifs is 2. The van der Waals surface area contributed by atoms with Gasteiger partial charge in [0.15, 0.2) is 11.3 Å². The van der Waals surface area contributed by atoms with Crippen molar-refractivity contribution in [2.75, 3.05) is 0 Å². The maximum atomic E-state index is 4.86. The van der Waals surface area contributed by atoms with Gasteiger partial charge in [-0.2, -0.15) is 0 Å². The van der Waals surface area contributed by atoms with Crippen LogP contribution in [0.15, 0.2) is 97.2 Å². The minimum absolute atomic E-state index is 0.725. The Balaban J connectivity index is 1.38. The first kappa shape index (κ1) is 20.2. The summed E-state index contributed by atoms with van der Waals surface area (Å²) in [6.07, 6.45) is 1.84. The number of rotatable bonds is 3. The summed E-state index contributed by atoms with van der Waals surface area (Å²) in [7, 11) is 0. The van der Waals surface area contributed by atoms with Crippen LogP contribution in [0.2, 0.25) is 0 Å². The van der Waals surface area contributed by atoms with Crippen molar-refractivity contribution in [2.45, 2.75) is 13.8 Å². The molecule has 0 bridgehead atoms. The van der Waals surface area contributed by atoms with Gasteiger partial charge in [-0.3, -0.25) is 0 Å². The average molecular weight is 439 g/mol. The van der Waals surface area contributed by atoms with Crippen molar-refractivity contribution in [1.29, 1.82) is 0 Å². The molecule has 4 heteroatoms. The summed E-state index contributed by atoms with van der Waals surface area (Å²) in [5.74, 6) is 0. The van der Waals surface area contributed by atoms with Crippen LogP contribution in [0.4, 0.5) is 0 Å². The minimum Gasteiger partial charge on any atom is -0.236 e. The molecule has 0 amide bonds. The van der Waals surface area contributed by atoms with Crippen LogP contribution >= 0.6 is 0 Å². The number of nitrogens with zero attached hydrogens (tertiary/aromatic N) is 4. The number of benzene rings is 2. The van der Waals surface area contributed by atoms with Crippen molar-refractivity contribution < 1.29 is 0 Å². The first-order valence-electron chi connectivity index (χ1n) is 11.3. The van der Waals surface area contributed by atoms with Crippen molar-refractivity contribution in [3.63, 3.8) is 0 Å². The van der Waals surface area contributed by atoms with Gasteiger partial charge in [0.05, 0.1) is 17.1 Å². The van der Waals surface area contributed by atoms with Gasteiger partial charge >= 0.3 is 0 Å². The van der Waals surface area contributed by atoms with E-state index in [9.17, 15) is 0 Å². The Labute approximate surface area is 198 Å². The zero-order valence-electron chi connectivity index (χ0n) is 19.0. The number of hydrogen-bond donors (Lipinski definition) is 0. The van der Waals surface area contributed by atoms with Crippen LogP contribution in [0, 0.1) is 13.8 Å². The maximum Gasteiger partial charge on any atom is 0.160 e. The number of hydrogen-bond acceptors (Lipinski definition) is 4. The van der Waals surface area contributed by atoms with Gasteiger partial charge in [0.25, 0.3) is 0 Å². The van der Waals surface area contributed by atoms with E-state index in [1.807, 2.05) is 24.4 Å². The van der Waals surface area contributed by atoms with Crippen LogP contribution in [-0.2, 0) is 0 Å². The fraction of sp³-hybridized carbons (Fsp3) is 0.0667. The third-order valence-corrected chi connectivity index (χ3v) is 6.02. The van der Waals surface area contributed by atoms with Crippen LogP contribution in [0.5, 0.6) is 0 Å². The largest absolute Gasteiger partial charge is 0.236 e. The first-order chi connectivity index (χ1) is 16.6. The van der Waals surface area contributed by atoms with Crippen molar-refractivity contribution >= 4 is 22.1 Å². The third-order valence-electron chi connectivity index (χ3n) is 6.02. The molecule has 0 N–H and O–H groups in total. The molecule has 0 unspecified atom stereocenters. The fourth-order valence-corrected chi connectivity index (χ4v) is 4.24. The number of aromatic nitrogens is 4. The van der Waals surface area contributed by atoms with Crippen LogP contribution in [0.3, 0.4) is 0 Å². The minimum atomic E-state index is 0.725. The Morgan fingerprint density at radius 3 is 1.59 bits per heavy atom. The van der Waals surface area contributed by atoms with E-state index in [0.717, 1.165) is 55.8 Å². The molecule has 4 aromatic heterocycles. The molecule has 4 heterocycles. The Morgan fingerprint density at radius 1 is 0.471 bits per heavy atom. The summed E-state index contributed by atoms with van der Waals surface area (Å²) >= 11 is 0. The summed E-state index contributed by atoms with van der Waals surface area (Å²) in [6.45, 7) is 4.18. The Morgan fingerprint density at radius 2 is 1.00 bits per heavy atom. The molecule has 0 aliphatic carbocycles. The van der Waals surface area contributed by atoms with Gasteiger partial charge in [-0.15, -0.1) is 0 Å². The summed E-state index contributed by atoms with van der Waals surface area (Å²) in [6, 6.07) is 31.1. The van der Waals surface area contributed by atoms with E-state index in [2.05, 4.69) is 91.6 Å². The summed E-state index contributed by atoms with van der Waals surface area (Å²) in [4.78, 5) is 19.1. The van der Waals surface area contributed by atoms with Crippen molar-refractivity contribution in [3.05, 3.63) is 108 Å². The molecule has 34 heavy (non-hydrogen) atoms. The molecule has 162 valence electrons. The highest BCUT2D eigenvalue weighted by Gasteiger charge is 2.09. The molecule has 6 rings (SSSR count). The van der Waals surface area contributed by atoms with Gasteiger partial charge in [-0.05, 0) is 68.4 Å². The second-order valence-corrected chi connectivity index (χ2v) is 8.65. The molecule has 0 spiro atoms. The van der Waals surface area contributed by atoms with Crippen LogP contribution in [0.1, 0.15) is 11.1 Å². The normalized spacial score (nSPS) is 11.2. The van der Waals surface area contributed by atoms with E-state index in [1.165, 1.54) is 11.1 Å². The molecule has 0 radical (unpaired) electrons. The fourth-order valence-electron chi connectivity index (χ4n) is 4.24.